The van der Waals surface area contributed by atoms with Crippen LogP contribution in [0.3, 0.4) is 0 Å². The number of benzene rings is 1. The van der Waals surface area contributed by atoms with E-state index in [0.29, 0.717) is 23.9 Å². The molecule has 1 aromatic heterocycles. The van der Waals surface area contributed by atoms with Gasteiger partial charge in [0.05, 0.1) is 12.6 Å². The van der Waals surface area contributed by atoms with Crippen molar-refractivity contribution in [3.63, 3.8) is 0 Å². The van der Waals surface area contributed by atoms with Crippen LogP contribution in [0, 0.1) is 6.92 Å². The molecule has 15 heteroatoms. The number of pyridine rings is 1. The van der Waals surface area contributed by atoms with Gasteiger partial charge in [0.15, 0.2) is 6.61 Å². The predicted molar refractivity (Wildman–Crippen MR) is 187 cm³/mol. The van der Waals surface area contributed by atoms with Crippen LogP contribution in [0.4, 0.5) is 4.79 Å². The van der Waals surface area contributed by atoms with Gasteiger partial charge in [-0.3, -0.25) is 24.0 Å². The zero-order valence-electron chi connectivity index (χ0n) is 29.9. The van der Waals surface area contributed by atoms with E-state index in [4.69, 9.17) is 14.2 Å². The highest BCUT2D eigenvalue weighted by Crippen LogP contribution is 2.28. The van der Waals surface area contributed by atoms with Crippen molar-refractivity contribution in [2.45, 2.75) is 95.4 Å². The second kappa shape index (κ2) is 16.6. The number of aryl methyl sites for hydroxylation is 1. The van der Waals surface area contributed by atoms with E-state index < -0.39 is 29.9 Å². The molecule has 2 aliphatic heterocycles. The van der Waals surface area contributed by atoms with Gasteiger partial charge in [-0.15, -0.1) is 0 Å². The lowest BCUT2D eigenvalue weighted by molar-refractivity contribution is -0.141. The molecule has 2 atom stereocenters. The summed E-state index contributed by atoms with van der Waals surface area (Å²) in [4.78, 5) is 87.7. The number of hydrogen-bond donors (Lipinski definition) is 2. The molecule has 15 nitrogen and oxygen atoms in total. The third kappa shape index (κ3) is 8.73. The standard InChI is InChI=1S/C37H48N6O9/c1-23-11-12-26-28(20-23)39-29(21-31(26)51-22-32(44)43-15-5-10-30(43)35(47)38-24-6-3-7-24)34(46)40-27(13-14-33(45)50-2)36(48)41-16-18-42(19-17-41)37(49)52-25-8-4-9-25/h11-12,20-21,24-25,27,30H,3-10,13-19,22H2,1-2H3,(H,38,47)(H,40,46)/t27-,30-/m0/s1. The van der Waals surface area contributed by atoms with Gasteiger partial charge in [0.2, 0.25) is 11.8 Å². The lowest BCUT2D eigenvalue weighted by atomic mass is 9.93. The number of rotatable bonds is 12. The average molecular weight is 721 g/mol. The van der Waals surface area contributed by atoms with Gasteiger partial charge in [-0.05, 0) is 82.4 Å². The van der Waals surface area contributed by atoms with E-state index in [0.717, 1.165) is 50.5 Å². The Bertz CT molecular complexity index is 1680. The van der Waals surface area contributed by atoms with Crippen molar-refractivity contribution < 1.29 is 43.0 Å². The van der Waals surface area contributed by atoms with Gasteiger partial charge in [0, 0.05) is 56.6 Å². The normalized spacial score (nSPS) is 19.7. The van der Waals surface area contributed by atoms with Gasteiger partial charge in [-0.1, -0.05) is 6.07 Å². The first kappa shape index (κ1) is 36.8. The number of carbonyl (C=O) groups is 6. The van der Waals surface area contributed by atoms with E-state index in [9.17, 15) is 28.8 Å². The second-order valence-electron chi connectivity index (χ2n) is 14.1. The first-order chi connectivity index (χ1) is 25.1. The van der Waals surface area contributed by atoms with Crippen LogP contribution in [-0.4, -0.2) is 126 Å². The van der Waals surface area contributed by atoms with Crippen molar-refractivity contribution >= 4 is 46.6 Å². The quantitative estimate of drug-likeness (QED) is 0.310. The van der Waals surface area contributed by atoms with Crippen LogP contribution in [0.5, 0.6) is 5.75 Å². The molecule has 2 saturated heterocycles. The lowest BCUT2D eigenvalue weighted by Gasteiger charge is -2.37. The fraction of sp³-hybridized carbons (Fsp3) is 0.595. The molecule has 0 radical (unpaired) electrons. The van der Waals surface area contributed by atoms with Gasteiger partial charge in [0.25, 0.3) is 11.8 Å². The van der Waals surface area contributed by atoms with Crippen molar-refractivity contribution in [1.29, 1.82) is 0 Å². The monoisotopic (exact) mass is 720 g/mol. The smallest absolute Gasteiger partial charge is 0.410 e. The summed E-state index contributed by atoms with van der Waals surface area (Å²) in [5.74, 6) is -1.82. The summed E-state index contributed by atoms with van der Waals surface area (Å²) in [5, 5.41) is 6.40. The molecule has 0 bridgehead atoms. The third-order valence-corrected chi connectivity index (χ3v) is 10.5. The molecular weight excluding hydrogens is 672 g/mol. The number of amides is 5. The van der Waals surface area contributed by atoms with Crippen molar-refractivity contribution in [2.75, 3.05) is 46.4 Å². The van der Waals surface area contributed by atoms with Crippen LogP contribution in [0.2, 0.25) is 0 Å². The van der Waals surface area contributed by atoms with Crippen LogP contribution < -0.4 is 15.4 Å². The number of nitrogens with zero attached hydrogens (tertiary/aromatic N) is 4. The zero-order chi connectivity index (χ0) is 36.8. The van der Waals surface area contributed by atoms with Crippen molar-refractivity contribution in [3.8, 4) is 5.75 Å². The summed E-state index contributed by atoms with van der Waals surface area (Å²) in [7, 11) is 1.25. The molecule has 5 amide bonds. The molecule has 1 aromatic carbocycles. The number of methoxy groups -OCH3 is 1. The highest BCUT2D eigenvalue weighted by atomic mass is 16.6. The summed E-state index contributed by atoms with van der Waals surface area (Å²) in [6.07, 6.45) is 6.51. The largest absolute Gasteiger partial charge is 0.483 e. The van der Waals surface area contributed by atoms with E-state index in [1.807, 2.05) is 13.0 Å². The number of aromatic nitrogens is 1. The number of fused-ring (bicyclic) bond motifs is 1. The minimum Gasteiger partial charge on any atom is -0.483 e. The molecule has 3 heterocycles. The van der Waals surface area contributed by atoms with Crippen LogP contribution in [0.15, 0.2) is 24.3 Å². The van der Waals surface area contributed by atoms with E-state index in [2.05, 4.69) is 15.6 Å². The summed E-state index contributed by atoms with van der Waals surface area (Å²) in [6, 6.07) is 5.43. The van der Waals surface area contributed by atoms with Crippen molar-refractivity contribution in [3.05, 3.63) is 35.5 Å². The SMILES string of the molecule is COC(=O)CC[C@H](NC(=O)c1cc(OCC(=O)N2CCC[C@H]2C(=O)NC2CCC2)c2ccc(C)cc2n1)C(=O)N1CCN(C(=O)OC2CCC2)CC1. The molecule has 2 aliphatic carbocycles. The summed E-state index contributed by atoms with van der Waals surface area (Å²) >= 11 is 0. The van der Waals surface area contributed by atoms with Crippen LogP contribution in [0.1, 0.15) is 80.3 Å². The predicted octanol–water partition coefficient (Wildman–Crippen LogP) is 2.47. The van der Waals surface area contributed by atoms with Gasteiger partial charge in [-0.25, -0.2) is 9.78 Å². The Morgan fingerprint density at radius 1 is 0.904 bits per heavy atom. The number of hydrogen-bond acceptors (Lipinski definition) is 10. The minimum absolute atomic E-state index is 0.0168. The van der Waals surface area contributed by atoms with Crippen LogP contribution in [-0.2, 0) is 28.7 Å². The van der Waals surface area contributed by atoms with Crippen molar-refractivity contribution in [1.82, 2.24) is 30.3 Å². The number of nitrogens with one attached hydrogen (secondary N) is 2. The Hall–Kier alpha value is -4.95. The average Bonchev–Trinajstić information content (AvgIpc) is 3.61. The minimum atomic E-state index is -1.08. The lowest BCUT2D eigenvalue weighted by Crippen LogP contribution is -2.56. The van der Waals surface area contributed by atoms with Crippen molar-refractivity contribution in [2.24, 2.45) is 0 Å². The van der Waals surface area contributed by atoms with E-state index >= 15 is 0 Å². The maximum Gasteiger partial charge on any atom is 0.410 e. The highest BCUT2D eigenvalue weighted by molar-refractivity contribution is 5.99. The number of esters is 1. The molecule has 4 aliphatic rings. The number of likely N-dealkylation sites (tertiary alicyclic amines) is 1. The van der Waals surface area contributed by atoms with E-state index in [-0.39, 0.29) is 87.1 Å². The van der Waals surface area contributed by atoms with Crippen LogP contribution in [0.25, 0.3) is 10.9 Å². The Labute approximate surface area is 302 Å². The Morgan fingerprint density at radius 3 is 2.31 bits per heavy atom. The molecule has 2 aromatic rings. The van der Waals surface area contributed by atoms with E-state index in [1.165, 1.54) is 13.2 Å². The zero-order valence-corrected chi connectivity index (χ0v) is 29.9. The number of piperazine rings is 1. The molecule has 2 saturated carbocycles. The first-order valence-electron chi connectivity index (χ1n) is 18.4. The Kier molecular flexibility index (Phi) is 11.8. The molecule has 2 N–H and O–H groups in total. The molecular formula is C37H48N6O9. The Morgan fingerprint density at radius 2 is 1.63 bits per heavy atom. The molecule has 6 rings (SSSR count). The first-order valence-corrected chi connectivity index (χ1v) is 18.4. The second-order valence-corrected chi connectivity index (χ2v) is 14.1. The highest BCUT2D eigenvalue weighted by Gasteiger charge is 2.36. The van der Waals surface area contributed by atoms with Gasteiger partial charge in [-0.2, -0.15) is 0 Å². The summed E-state index contributed by atoms with van der Waals surface area (Å²) in [6.45, 7) is 3.03. The topological polar surface area (TPSA) is 177 Å². The Balaban J connectivity index is 1.14. The molecule has 280 valence electrons. The fourth-order valence-electron chi connectivity index (χ4n) is 6.84. The van der Waals surface area contributed by atoms with Gasteiger partial charge in [0.1, 0.15) is 29.6 Å². The maximum atomic E-state index is 13.8. The van der Waals surface area contributed by atoms with Gasteiger partial charge >= 0.3 is 12.1 Å². The van der Waals surface area contributed by atoms with Crippen LogP contribution >= 0.6 is 0 Å². The number of carbonyl (C=O) groups excluding carboxylic acids is 6. The molecule has 4 fully saturated rings. The maximum absolute atomic E-state index is 13.8. The molecule has 52 heavy (non-hydrogen) atoms. The fourth-order valence-corrected chi connectivity index (χ4v) is 6.84. The molecule has 0 unspecified atom stereocenters. The van der Waals surface area contributed by atoms with Gasteiger partial charge < -0.3 is 39.5 Å². The number of ether oxygens (including phenoxy) is 3. The summed E-state index contributed by atoms with van der Waals surface area (Å²) in [5.41, 5.74) is 1.30. The third-order valence-electron chi connectivity index (χ3n) is 10.5. The molecule has 0 spiro atoms. The van der Waals surface area contributed by atoms with E-state index in [1.54, 1.807) is 26.8 Å². The summed E-state index contributed by atoms with van der Waals surface area (Å²) < 4.78 is 16.3.